The second kappa shape index (κ2) is 5.71. The summed E-state index contributed by atoms with van der Waals surface area (Å²) in [5, 5.41) is 4.07. The molecule has 5 heteroatoms. The summed E-state index contributed by atoms with van der Waals surface area (Å²) in [4.78, 5) is 15.4. The third kappa shape index (κ3) is 2.58. The van der Waals surface area contributed by atoms with Crippen molar-refractivity contribution in [2.24, 2.45) is 5.92 Å². The van der Waals surface area contributed by atoms with E-state index < -0.39 is 0 Å². The minimum Gasteiger partial charge on any atom is -0.337 e. The highest BCUT2D eigenvalue weighted by molar-refractivity contribution is 7.09. The van der Waals surface area contributed by atoms with Gasteiger partial charge in [0.2, 0.25) is 0 Å². The molecule has 1 atom stereocenters. The molecule has 1 saturated heterocycles. The van der Waals surface area contributed by atoms with E-state index >= 15 is 0 Å². The number of carbonyl (C=O) groups is 1. The zero-order valence-electron chi connectivity index (χ0n) is 11.5. The minimum absolute atomic E-state index is 0.0177. The molecule has 0 N–H and O–H groups in total. The summed E-state index contributed by atoms with van der Waals surface area (Å²) in [5.74, 6) is 0.587. The lowest BCUT2D eigenvalue weighted by Gasteiger charge is -2.30. The van der Waals surface area contributed by atoms with Crippen LogP contribution in [0.5, 0.6) is 0 Å². The molecular weight excluding hydrogens is 270 g/mol. The van der Waals surface area contributed by atoms with Gasteiger partial charge >= 0.3 is 0 Å². The van der Waals surface area contributed by atoms with Crippen LogP contribution in [-0.4, -0.2) is 33.5 Å². The van der Waals surface area contributed by atoms with Crippen LogP contribution < -0.4 is 0 Å². The van der Waals surface area contributed by atoms with Gasteiger partial charge in [-0.15, -0.1) is 5.10 Å². The Kier molecular flexibility index (Phi) is 3.78. The van der Waals surface area contributed by atoms with E-state index in [2.05, 4.69) is 16.5 Å². The fourth-order valence-corrected chi connectivity index (χ4v) is 3.29. The molecule has 2 aromatic rings. The summed E-state index contributed by atoms with van der Waals surface area (Å²) in [6, 6.07) is 9.87. The van der Waals surface area contributed by atoms with Gasteiger partial charge in [-0.3, -0.25) is 4.79 Å². The van der Waals surface area contributed by atoms with Gasteiger partial charge in [0.05, 0.1) is 4.88 Å². The Bertz CT molecular complexity index is 596. The summed E-state index contributed by atoms with van der Waals surface area (Å²) in [7, 11) is 0. The molecule has 1 amide bonds. The first kappa shape index (κ1) is 13.2. The molecule has 0 bridgehead atoms. The van der Waals surface area contributed by atoms with Crippen LogP contribution in [-0.2, 0) is 0 Å². The van der Waals surface area contributed by atoms with Crippen molar-refractivity contribution in [2.75, 3.05) is 13.1 Å². The first-order chi connectivity index (χ1) is 9.75. The molecule has 3 rings (SSSR count). The van der Waals surface area contributed by atoms with Crippen LogP contribution in [0.15, 0.2) is 30.3 Å². The number of rotatable bonds is 2. The number of piperidine rings is 1. The van der Waals surface area contributed by atoms with Crippen LogP contribution in [0.4, 0.5) is 0 Å². The number of amides is 1. The van der Waals surface area contributed by atoms with E-state index in [0.717, 1.165) is 30.0 Å². The van der Waals surface area contributed by atoms with Crippen molar-refractivity contribution in [3.8, 4) is 10.4 Å². The molecule has 20 heavy (non-hydrogen) atoms. The van der Waals surface area contributed by atoms with Gasteiger partial charge in [-0.2, -0.15) is 0 Å². The van der Waals surface area contributed by atoms with Crippen molar-refractivity contribution < 1.29 is 4.79 Å². The second-order valence-corrected chi connectivity index (χ2v) is 6.07. The van der Waals surface area contributed by atoms with Crippen LogP contribution in [0, 0.1) is 5.92 Å². The minimum atomic E-state index is 0.0177. The molecule has 1 aliphatic rings. The molecule has 0 saturated carbocycles. The van der Waals surface area contributed by atoms with E-state index in [0.29, 0.717) is 11.6 Å². The molecule has 104 valence electrons. The average Bonchev–Trinajstić information content (AvgIpc) is 2.97. The fraction of sp³-hybridized carbons (Fsp3) is 0.400. The highest BCUT2D eigenvalue weighted by atomic mass is 32.1. The number of carbonyl (C=O) groups excluding carboxylic acids is 1. The highest BCUT2D eigenvalue weighted by Crippen LogP contribution is 2.27. The maximum Gasteiger partial charge on any atom is 0.275 e. The zero-order valence-corrected chi connectivity index (χ0v) is 12.3. The lowest BCUT2D eigenvalue weighted by Crippen LogP contribution is -2.39. The van der Waals surface area contributed by atoms with Crippen molar-refractivity contribution in [3.05, 3.63) is 36.0 Å². The largest absolute Gasteiger partial charge is 0.337 e. The van der Waals surface area contributed by atoms with Crippen LogP contribution in [0.2, 0.25) is 0 Å². The molecule has 0 radical (unpaired) electrons. The maximum absolute atomic E-state index is 12.6. The molecule has 1 aliphatic heterocycles. The van der Waals surface area contributed by atoms with Crippen molar-refractivity contribution in [3.63, 3.8) is 0 Å². The first-order valence-electron chi connectivity index (χ1n) is 6.93. The standard InChI is InChI=1S/C15H17N3OS/c1-11-6-5-9-18(10-11)15(19)13-14(20-17-16-13)12-7-3-2-4-8-12/h2-4,7-8,11H,5-6,9-10H2,1H3. The molecule has 1 fully saturated rings. The topological polar surface area (TPSA) is 46.1 Å². The number of aromatic nitrogens is 2. The van der Waals surface area contributed by atoms with E-state index in [1.165, 1.54) is 18.0 Å². The summed E-state index contributed by atoms with van der Waals surface area (Å²) >= 11 is 1.29. The summed E-state index contributed by atoms with van der Waals surface area (Å²) in [6.07, 6.45) is 2.27. The zero-order chi connectivity index (χ0) is 13.9. The van der Waals surface area contributed by atoms with E-state index in [1.54, 1.807) is 0 Å². The SMILES string of the molecule is CC1CCCN(C(=O)c2nnsc2-c2ccccc2)C1. The molecule has 2 heterocycles. The number of benzene rings is 1. The Balaban J connectivity index is 1.88. The van der Waals surface area contributed by atoms with Crippen LogP contribution in [0.25, 0.3) is 10.4 Å². The Morgan fingerprint density at radius 3 is 2.90 bits per heavy atom. The van der Waals surface area contributed by atoms with Gasteiger partial charge in [0, 0.05) is 13.1 Å². The van der Waals surface area contributed by atoms with Gasteiger partial charge in [-0.05, 0) is 35.9 Å². The summed E-state index contributed by atoms with van der Waals surface area (Å²) in [6.45, 7) is 3.84. The van der Waals surface area contributed by atoms with Gasteiger partial charge in [0.25, 0.3) is 5.91 Å². The van der Waals surface area contributed by atoms with Crippen LogP contribution in [0.3, 0.4) is 0 Å². The first-order valence-corrected chi connectivity index (χ1v) is 7.70. The second-order valence-electron chi connectivity index (χ2n) is 5.32. The Morgan fingerprint density at radius 2 is 2.15 bits per heavy atom. The molecule has 0 aliphatic carbocycles. The number of hydrogen-bond donors (Lipinski definition) is 0. The molecule has 1 aromatic heterocycles. The Morgan fingerprint density at radius 1 is 1.35 bits per heavy atom. The van der Waals surface area contributed by atoms with Gasteiger partial charge in [-0.1, -0.05) is 41.7 Å². The molecule has 4 nitrogen and oxygen atoms in total. The third-order valence-corrected chi connectivity index (χ3v) is 4.45. The molecule has 0 spiro atoms. The van der Waals surface area contributed by atoms with Gasteiger partial charge in [0.1, 0.15) is 0 Å². The predicted octanol–water partition coefficient (Wildman–Crippen LogP) is 3.08. The number of likely N-dealkylation sites (tertiary alicyclic amines) is 1. The number of hydrogen-bond acceptors (Lipinski definition) is 4. The van der Waals surface area contributed by atoms with Crippen LogP contribution in [0.1, 0.15) is 30.3 Å². The smallest absolute Gasteiger partial charge is 0.275 e. The van der Waals surface area contributed by atoms with Crippen molar-refractivity contribution in [2.45, 2.75) is 19.8 Å². The molecular formula is C15H17N3OS. The van der Waals surface area contributed by atoms with Crippen molar-refractivity contribution in [1.82, 2.24) is 14.5 Å². The maximum atomic E-state index is 12.6. The summed E-state index contributed by atoms with van der Waals surface area (Å²) in [5.41, 5.74) is 1.51. The van der Waals surface area contributed by atoms with Gasteiger partial charge < -0.3 is 4.90 Å². The Hall–Kier alpha value is -1.75. The molecule has 1 unspecified atom stereocenters. The lowest BCUT2D eigenvalue weighted by atomic mass is 10.00. The summed E-state index contributed by atoms with van der Waals surface area (Å²) < 4.78 is 3.98. The average molecular weight is 287 g/mol. The highest BCUT2D eigenvalue weighted by Gasteiger charge is 2.26. The normalized spacial score (nSPS) is 19.1. The fourth-order valence-electron chi connectivity index (χ4n) is 2.63. The predicted molar refractivity (Wildman–Crippen MR) is 79.6 cm³/mol. The van der Waals surface area contributed by atoms with Crippen molar-refractivity contribution in [1.29, 1.82) is 0 Å². The van der Waals surface area contributed by atoms with E-state index in [4.69, 9.17) is 0 Å². The van der Waals surface area contributed by atoms with Crippen molar-refractivity contribution >= 4 is 17.4 Å². The monoisotopic (exact) mass is 287 g/mol. The van der Waals surface area contributed by atoms with E-state index in [-0.39, 0.29) is 5.91 Å². The Labute approximate surface area is 122 Å². The van der Waals surface area contributed by atoms with Gasteiger partial charge in [0.15, 0.2) is 5.69 Å². The molecule has 1 aromatic carbocycles. The third-order valence-electron chi connectivity index (χ3n) is 3.67. The number of nitrogens with zero attached hydrogens (tertiary/aromatic N) is 3. The van der Waals surface area contributed by atoms with Crippen LogP contribution >= 0.6 is 11.5 Å². The van der Waals surface area contributed by atoms with E-state index in [9.17, 15) is 4.79 Å². The van der Waals surface area contributed by atoms with Gasteiger partial charge in [-0.25, -0.2) is 0 Å². The lowest BCUT2D eigenvalue weighted by molar-refractivity contribution is 0.0678. The van der Waals surface area contributed by atoms with E-state index in [1.807, 2.05) is 35.2 Å². The quantitative estimate of drug-likeness (QED) is 0.852.